The lowest BCUT2D eigenvalue weighted by molar-refractivity contribution is -0.119. The fourth-order valence-corrected chi connectivity index (χ4v) is 3.52. The van der Waals surface area contributed by atoms with Crippen LogP contribution in [0.3, 0.4) is 0 Å². The second-order valence-corrected chi connectivity index (χ2v) is 8.55. The number of hydrazone groups is 1. The highest BCUT2D eigenvalue weighted by atomic mass is 32.2. The van der Waals surface area contributed by atoms with Gasteiger partial charge in [0.1, 0.15) is 13.2 Å². The number of anilines is 1. The highest BCUT2D eigenvalue weighted by molar-refractivity contribution is 7.92. The summed E-state index contributed by atoms with van der Waals surface area (Å²) in [7, 11) is -3.65. The van der Waals surface area contributed by atoms with E-state index in [9.17, 15) is 13.2 Å². The number of ether oxygens (including phenoxy) is 2. The summed E-state index contributed by atoms with van der Waals surface area (Å²) >= 11 is 0. The zero-order valence-corrected chi connectivity index (χ0v) is 18.7. The second-order valence-electron chi connectivity index (χ2n) is 6.64. The smallest absolute Gasteiger partial charge is 0.260 e. The van der Waals surface area contributed by atoms with E-state index < -0.39 is 22.5 Å². The number of sulfonamides is 1. The van der Waals surface area contributed by atoms with Crippen LogP contribution >= 0.6 is 0 Å². The molecule has 0 fully saturated rings. The molecule has 1 amide bonds. The van der Waals surface area contributed by atoms with Gasteiger partial charge in [0.05, 0.1) is 24.8 Å². The van der Waals surface area contributed by atoms with Gasteiger partial charge < -0.3 is 9.47 Å². The largest absolute Gasteiger partial charge is 0.490 e. The van der Waals surface area contributed by atoms with Crippen molar-refractivity contribution in [1.29, 1.82) is 0 Å². The molecule has 2 aromatic carbocycles. The molecule has 1 N–H and O–H groups in total. The van der Waals surface area contributed by atoms with Gasteiger partial charge in [-0.05, 0) is 55.3 Å². The molecule has 0 radical (unpaired) electrons. The van der Waals surface area contributed by atoms with Gasteiger partial charge in [0, 0.05) is 0 Å². The minimum absolute atomic E-state index is 0.349. The Morgan fingerprint density at radius 1 is 1.19 bits per heavy atom. The molecule has 0 aliphatic heterocycles. The maximum Gasteiger partial charge on any atom is 0.260 e. The van der Waals surface area contributed by atoms with Crippen LogP contribution in [0.15, 0.2) is 60.2 Å². The number of carbonyl (C=O) groups is 1. The van der Waals surface area contributed by atoms with Crippen molar-refractivity contribution in [3.05, 3.63) is 66.2 Å². The maximum atomic E-state index is 12.3. The predicted molar refractivity (Wildman–Crippen MR) is 122 cm³/mol. The first-order valence-electron chi connectivity index (χ1n) is 9.61. The number of hydrogen-bond acceptors (Lipinski definition) is 6. The van der Waals surface area contributed by atoms with Crippen LogP contribution in [0.2, 0.25) is 0 Å². The van der Waals surface area contributed by atoms with Crippen LogP contribution in [0.4, 0.5) is 5.69 Å². The van der Waals surface area contributed by atoms with Crippen LogP contribution in [0.25, 0.3) is 0 Å². The molecule has 0 saturated heterocycles. The molecule has 9 heteroatoms. The van der Waals surface area contributed by atoms with Gasteiger partial charge in [-0.15, -0.1) is 0 Å². The summed E-state index contributed by atoms with van der Waals surface area (Å²) in [6.45, 7) is 7.74. The molecule has 0 atom stereocenters. The Bertz CT molecular complexity index is 1050. The van der Waals surface area contributed by atoms with Gasteiger partial charge in [0.2, 0.25) is 10.0 Å². The van der Waals surface area contributed by atoms with Gasteiger partial charge in [-0.3, -0.25) is 9.10 Å². The van der Waals surface area contributed by atoms with E-state index in [0.717, 1.165) is 16.1 Å². The number of benzene rings is 2. The zero-order chi connectivity index (χ0) is 22.9. The van der Waals surface area contributed by atoms with Crippen molar-refractivity contribution in [3.8, 4) is 11.5 Å². The van der Waals surface area contributed by atoms with E-state index in [-0.39, 0.29) is 0 Å². The van der Waals surface area contributed by atoms with Crippen molar-refractivity contribution in [2.45, 2.75) is 13.8 Å². The maximum absolute atomic E-state index is 12.3. The summed E-state index contributed by atoms with van der Waals surface area (Å²) in [5, 5.41) is 3.92. The molecule has 31 heavy (non-hydrogen) atoms. The van der Waals surface area contributed by atoms with E-state index in [2.05, 4.69) is 17.1 Å². The molecular formula is C22H27N3O5S. The highest BCUT2D eigenvalue weighted by Gasteiger charge is 2.20. The standard InChI is InChI=1S/C22H27N3O5S/c1-5-12-30-20-11-10-18(14-21(20)29-6-2)15-23-24-22(26)16-25(31(4,27)28)19-9-7-8-17(3)13-19/h5,7-11,13-15H,1,6,12,16H2,2-4H3,(H,24,26)/b23-15-. The monoisotopic (exact) mass is 445 g/mol. The quantitative estimate of drug-likeness (QED) is 0.326. The van der Waals surface area contributed by atoms with Crippen molar-refractivity contribution >= 4 is 27.8 Å². The number of nitrogens with one attached hydrogen (secondary N) is 1. The average molecular weight is 446 g/mol. The van der Waals surface area contributed by atoms with Gasteiger partial charge in [0.15, 0.2) is 11.5 Å². The van der Waals surface area contributed by atoms with Crippen molar-refractivity contribution < 1.29 is 22.7 Å². The SMILES string of the molecule is C=CCOc1ccc(/C=N\NC(=O)CN(c2cccc(C)c2)S(C)(=O)=O)cc1OCC. The Kier molecular flexibility index (Phi) is 8.63. The number of carbonyl (C=O) groups excluding carboxylic acids is 1. The number of amides is 1. The summed E-state index contributed by atoms with van der Waals surface area (Å²) in [4.78, 5) is 12.3. The van der Waals surface area contributed by atoms with Crippen molar-refractivity contribution in [2.75, 3.05) is 30.3 Å². The van der Waals surface area contributed by atoms with Crippen molar-refractivity contribution in [3.63, 3.8) is 0 Å². The van der Waals surface area contributed by atoms with Crippen LogP contribution in [0.1, 0.15) is 18.1 Å². The van der Waals surface area contributed by atoms with Gasteiger partial charge in [-0.1, -0.05) is 24.8 Å². The topological polar surface area (TPSA) is 97.3 Å². The lowest BCUT2D eigenvalue weighted by atomic mass is 10.2. The Balaban J connectivity index is 2.08. The van der Waals surface area contributed by atoms with Gasteiger partial charge in [-0.2, -0.15) is 5.10 Å². The molecule has 0 saturated carbocycles. The Morgan fingerprint density at radius 2 is 1.97 bits per heavy atom. The third-order valence-corrected chi connectivity index (χ3v) is 5.14. The first-order valence-corrected chi connectivity index (χ1v) is 11.5. The van der Waals surface area contributed by atoms with Crippen molar-refractivity contribution in [2.24, 2.45) is 5.10 Å². The number of rotatable bonds is 11. The fraction of sp³-hybridized carbons (Fsp3) is 0.273. The molecule has 8 nitrogen and oxygen atoms in total. The van der Waals surface area contributed by atoms with Gasteiger partial charge in [0.25, 0.3) is 5.91 Å². The Morgan fingerprint density at radius 3 is 2.61 bits per heavy atom. The van der Waals surface area contributed by atoms with Gasteiger partial charge in [-0.25, -0.2) is 13.8 Å². The first kappa shape index (κ1) is 23.9. The van der Waals surface area contributed by atoms with Gasteiger partial charge >= 0.3 is 0 Å². The average Bonchev–Trinajstić information content (AvgIpc) is 2.71. The molecule has 0 heterocycles. The summed E-state index contributed by atoms with van der Waals surface area (Å²) in [6.07, 6.45) is 4.13. The van der Waals surface area contributed by atoms with Crippen LogP contribution in [-0.4, -0.2) is 46.6 Å². The fourth-order valence-electron chi connectivity index (χ4n) is 2.67. The molecule has 0 unspecified atom stereocenters. The molecule has 0 aliphatic carbocycles. The summed E-state index contributed by atoms with van der Waals surface area (Å²) < 4.78 is 36.5. The molecular weight excluding hydrogens is 418 g/mol. The Hall–Kier alpha value is -3.33. The van der Waals surface area contributed by atoms with E-state index in [0.29, 0.717) is 36.0 Å². The van der Waals surface area contributed by atoms with E-state index in [1.807, 2.05) is 19.9 Å². The second kappa shape index (κ2) is 11.2. The van der Waals surface area contributed by atoms with Crippen LogP contribution in [0, 0.1) is 6.92 Å². The number of nitrogens with zero attached hydrogens (tertiary/aromatic N) is 2. The molecule has 0 bridgehead atoms. The first-order chi connectivity index (χ1) is 14.7. The lowest BCUT2D eigenvalue weighted by Gasteiger charge is -2.21. The summed E-state index contributed by atoms with van der Waals surface area (Å²) in [5.74, 6) is 0.548. The zero-order valence-electron chi connectivity index (χ0n) is 17.9. The number of hydrogen-bond donors (Lipinski definition) is 1. The predicted octanol–water partition coefficient (Wildman–Crippen LogP) is 2.87. The lowest BCUT2D eigenvalue weighted by Crippen LogP contribution is -2.39. The molecule has 2 aromatic rings. The summed E-state index contributed by atoms with van der Waals surface area (Å²) in [5.41, 5.74) is 4.33. The minimum atomic E-state index is -3.65. The normalized spacial score (nSPS) is 11.2. The molecule has 166 valence electrons. The van der Waals surface area contributed by atoms with E-state index in [1.165, 1.54) is 6.21 Å². The molecule has 2 rings (SSSR count). The van der Waals surface area contributed by atoms with Crippen molar-refractivity contribution in [1.82, 2.24) is 5.43 Å². The van der Waals surface area contributed by atoms with Crippen LogP contribution in [-0.2, 0) is 14.8 Å². The number of aryl methyl sites for hydroxylation is 1. The van der Waals surface area contributed by atoms with E-state index in [4.69, 9.17) is 9.47 Å². The molecule has 0 aliphatic rings. The third-order valence-electron chi connectivity index (χ3n) is 4.00. The van der Waals surface area contributed by atoms with Crippen LogP contribution < -0.4 is 19.2 Å². The summed E-state index contributed by atoms with van der Waals surface area (Å²) in [6, 6.07) is 12.1. The third kappa shape index (κ3) is 7.45. The minimum Gasteiger partial charge on any atom is -0.490 e. The van der Waals surface area contributed by atoms with Crippen LogP contribution in [0.5, 0.6) is 11.5 Å². The van der Waals surface area contributed by atoms with E-state index in [1.54, 1.807) is 42.5 Å². The Labute approximate surface area is 183 Å². The highest BCUT2D eigenvalue weighted by Crippen LogP contribution is 2.28. The molecule has 0 aromatic heterocycles. The van der Waals surface area contributed by atoms with E-state index >= 15 is 0 Å². The molecule has 0 spiro atoms.